The summed E-state index contributed by atoms with van der Waals surface area (Å²) in [5, 5.41) is 15.8. The fraction of sp³-hybridized carbons (Fsp3) is 0.542. The Hall–Kier alpha value is -2.83. The van der Waals surface area contributed by atoms with E-state index in [1.807, 2.05) is 0 Å². The van der Waals surface area contributed by atoms with Gasteiger partial charge in [0, 0.05) is 12.2 Å². The Kier molecular flexibility index (Phi) is 7.70. The SMILES string of the molecule is C=C1N=C(N)c2cc3ncn([C@@H]4O[C@H](COP(C)(=O)N[C@@H](C)C(=O)OC(C)C)[C@](C)(CO)C4F)c3cc2N1. The van der Waals surface area contributed by atoms with E-state index in [9.17, 15) is 14.5 Å². The Labute approximate surface area is 219 Å². The van der Waals surface area contributed by atoms with Crippen LogP contribution < -0.4 is 16.1 Å². The van der Waals surface area contributed by atoms with Crippen molar-refractivity contribution < 1.29 is 32.9 Å². The average molecular weight is 553 g/mol. The van der Waals surface area contributed by atoms with Gasteiger partial charge in [0.2, 0.25) is 0 Å². The number of hydrogen-bond acceptors (Lipinski definition) is 10. The number of fused-ring (bicyclic) bond motifs is 2. The fourth-order valence-corrected chi connectivity index (χ4v) is 5.79. The van der Waals surface area contributed by atoms with E-state index in [2.05, 4.69) is 27.0 Å². The van der Waals surface area contributed by atoms with E-state index in [1.165, 1.54) is 31.4 Å². The first-order valence-corrected chi connectivity index (χ1v) is 14.2. The largest absolute Gasteiger partial charge is 0.462 e. The first-order valence-electron chi connectivity index (χ1n) is 12.2. The molecule has 0 aliphatic carbocycles. The molecule has 0 spiro atoms. The summed E-state index contributed by atoms with van der Waals surface area (Å²) < 4.78 is 47.2. The monoisotopic (exact) mass is 552 g/mol. The molecule has 0 amide bonds. The molecule has 1 aromatic carbocycles. The molecule has 208 valence electrons. The van der Waals surface area contributed by atoms with E-state index in [4.69, 9.17) is 19.7 Å². The maximum atomic E-state index is 15.9. The molecule has 1 fully saturated rings. The zero-order valence-electron chi connectivity index (χ0n) is 22.0. The van der Waals surface area contributed by atoms with Crippen LogP contribution in [0.3, 0.4) is 0 Å². The van der Waals surface area contributed by atoms with Gasteiger partial charge < -0.3 is 34.7 Å². The van der Waals surface area contributed by atoms with Gasteiger partial charge in [-0.2, -0.15) is 0 Å². The van der Waals surface area contributed by atoms with Gasteiger partial charge in [0.25, 0.3) is 7.52 Å². The summed E-state index contributed by atoms with van der Waals surface area (Å²) in [6.45, 7) is 10.7. The summed E-state index contributed by atoms with van der Waals surface area (Å²) in [6.07, 6.45) is -2.65. The smallest absolute Gasteiger partial charge is 0.323 e. The van der Waals surface area contributed by atoms with E-state index >= 15 is 4.39 Å². The number of hydrogen-bond donors (Lipinski definition) is 4. The number of nitrogens with one attached hydrogen (secondary N) is 2. The van der Waals surface area contributed by atoms with Gasteiger partial charge in [-0.05, 0) is 32.9 Å². The number of aliphatic hydroxyl groups excluding tert-OH is 1. The Morgan fingerprint density at radius 3 is 2.82 bits per heavy atom. The van der Waals surface area contributed by atoms with Crippen LogP contribution in [0.2, 0.25) is 0 Å². The minimum Gasteiger partial charge on any atom is -0.462 e. The molecule has 0 bridgehead atoms. The summed E-state index contributed by atoms with van der Waals surface area (Å²) in [4.78, 5) is 20.6. The van der Waals surface area contributed by atoms with Gasteiger partial charge in [0.1, 0.15) is 17.7 Å². The van der Waals surface area contributed by atoms with E-state index in [0.717, 1.165) is 0 Å². The molecule has 5 N–H and O–H groups in total. The maximum absolute atomic E-state index is 15.9. The Morgan fingerprint density at radius 2 is 2.16 bits per heavy atom. The number of aliphatic hydroxyl groups is 1. The summed E-state index contributed by atoms with van der Waals surface area (Å²) in [6, 6.07) is 2.59. The van der Waals surface area contributed by atoms with Crippen LogP contribution in [0.25, 0.3) is 11.0 Å². The number of ether oxygens (including phenoxy) is 2. The second kappa shape index (κ2) is 10.4. The first-order chi connectivity index (χ1) is 17.8. The third-order valence-corrected chi connectivity index (χ3v) is 8.16. The lowest BCUT2D eigenvalue weighted by Gasteiger charge is -2.30. The van der Waals surface area contributed by atoms with Crippen LogP contribution >= 0.6 is 7.52 Å². The van der Waals surface area contributed by atoms with Gasteiger partial charge in [-0.25, -0.2) is 19.5 Å². The van der Waals surface area contributed by atoms with E-state index in [1.54, 1.807) is 26.0 Å². The molecular formula is C24H34FN6O6P. The lowest BCUT2D eigenvalue weighted by Crippen LogP contribution is -2.41. The molecule has 38 heavy (non-hydrogen) atoms. The Morgan fingerprint density at radius 1 is 1.45 bits per heavy atom. The predicted molar refractivity (Wildman–Crippen MR) is 141 cm³/mol. The zero-order valence-corrected chi connectivity index (χ0v) is 22.9. The minimum atomic E-state index is -3.52. The second-order valence-corrected chi connectivity index (χ2v) is 12.4. The number of nitrogens with zero attached hydrogens (tertiary/aromatic N) is 3. The fourth-order valence-electron chi connectivity index (χ4n) is 4.49. The van der Waals surface area contributed by atoms with Crippen molar-refractivity contribution in [1.29, 1.82) is 0 Å². The molecule has 14 heteroatoms. The molecule has 2 aliphatic heterocycles. The molecule has 3 heterocycles. The van der Waals surface area contributed by atoms with Gasteiger partial charge in [-0.15, -0.1) is 0 Å². The van der Waals surface area contributed by atoms with Gasteiger partial charge in [0.05, 0.1) is 53.9 Å². The standard InChI is InChI=1S/C24H34FN6O6P/c1-12(2)36-23(33)13(3)30-38(6,34)35-9-19-24(5,10-32)20(25)22(37-19)31-11-27-17-7-15-16(8-18(17)31)28-14(4)29-21(15)26/h7-8,11-13,19-20,22,28,32H,4,9-10H2,1-3,5-6H3,(H2,26,29)(H,30,34)/t13-,19+,20?,22+,24-,38?/m0/s1. The molecule has 4 rings (SSSR count). The number of amidine groups is 1. The highest BCUT2D eigenvalue weighted by molar-refractivity contribution is 7.56. The number of esters is 1. The molecule has 6 atom stereocenters. The lowest BCUT2D eigenvalue weighted by atomic mass is 9.82. The summed E-state index contributed by atoms with van der Waals surface area (Å²) in [5.41, 5.74) is 7.03. The number of rotatable bonds is 9. The normalized spacial score (nSPS) is 27.5. The number of alkyl halides is 1. The summed E-state index contributed by atoms with van der Waals surface area (Å²) in [5.74, 6) is 0.0812. The van der Waals surface area contributed by atoms with Crippen molar-refractivity contribution in [3.8, 4) is 0 Å². The van der Waals surface area contributed by atoms with E-state index in [-0.39, 0.29) is 18.5 Å². The number of imidazole rings is 1. The number of aromatic nitrogens is 2. The molecular weight excluding hydrogens is 518 g/mol. The van der Waals surface area contributed by atoms with Crippen molar-refractivity contribution in [2.45, 2.75) is 58.3 Å². The first kappa shape index (κ1) is 28.2. The van der Waals surface area contributed by atoms with E-state index < -0.39 is 50.1 Å². The second-order valence-electron chi connectivity index (χ2n) is 10.2. The molecule has 12 nitrogen and oxygen atoms in total. The van der Waals surface area contributed by atoms with Gasteiger partial charge >= 0.3 is 5.97 Å². The molecule has 1 saturated heterocycles. The number of halogens is 1. The molecule has 2 unspecified atom stereocenters. The highest BCUT2D eigenvalue weighted by Crippen LogP contribution is 2.48. The van der Waals surface area contributed by atoms with Crippen LogP contribution in [0.1, 0.15) is 39.5 Å². The van der Waals surface area contributed by atoms with Gasteiger partial charge in [-0.3, -0.25) is 9.36 Å². The van der Waals surface area contributed by atoms with Crippen LogP contribution in [0.4, 0.5) is 10.1 Å². The van der Waals surface area contributed by atoms with Crippen molar-refractivity contribution >= 4 is 36.0 Å². The minimum absolute atomic E-state index is 0.287. The van der Waals surface area contributed by atoms with Crippen LogP contribution in [0, 0.1) is 5.41 Å². The predicted octanol–water partition coefficient (Wildman–Crippen LogP) is 2.64. The molecule has 0 saturated carbocycles. The summed E-state index contributed by atoms with van der Waals surface area (Å²) in [7, 11) is -3.52. The van der Waals surface area contributed by atoms with Crippen molar-refractivity contribution in [1.82, 2.24) is 14.6 Å². The van der Waals surface area contributed by atoms with Gasteiger partial charge in [0.15, 0.2) is 12.4 Å². The Bertz CT molecular complexity index is 1330. The summed E-state index contributed by atoms with van der Waals surface area (Å²) >= 11 is 0. The van der Waals surface area contributed by atoms with Crippen LogP contribution in [-0.2, 0) is 23.4 Å². The zero-order chi connectivity index (χ0) is 28.0. The molecule has 0 radical (unpaired) electrons. The van der Waals surface area contributed by atoms with Gasteiger partial charge in [-0.1, -0.05) is 13.5 Å². The van der Waals surface area contributed by atoms with Crippen LogP contribution in [-0.4, -0.2) is 70.8 Å². The number of nitrogens with two attached hydrogens (primary N) is 1. The number of aliphatic imine (C=N–C) groups is 1. The van der Waals surface area contributed by atoms with Crippen molar-refractivity contribution in [3.63, 3.8) is 0 Å². The topological polar surface area (TPSA) is 162 Å². The third kappa shape index (κ3) is 5.34. The van der Waals surface area contributed by atoms with Crippen molar-refractivity contribution in [3.05, 3.63) is 36.4 Å². The van der Waals surface area contributed by atoms with Crippen molar-refractivity contribution in [2.24, 2.45) is 16.1 Å². The van der Waals surface area contributed by atoms with Crippen LogP contribution in [0.15, 0.2) is 35.9 Å². The van der Waals surface area contributed by atoms with Crippen LogP contribution in [0.5, 0.6) is 0 Å². The molecule has 2 aliphatic rings. The quantitative estimate of drug-likeness (QED) is 0.269. The Balaban J connectivity index is 1.54. The number of carbonyl (C=O) groups excluding carboxylic acids is 1. The maximum Gasteiger partial charge on any atom is 0.323 e. The molecule has 1 aromatic heterocycles. The number of anilines is 1. The third-order valence-electron chi connectivity index (χ3n) is 6.66. The highest BCUT2D eigenvalue weighted by Gasteiger charge is 2.55. The number of carbonyl (C=O) groups is 1. The van der Waals surface area contributed by atoms with Crippen molar-refractivity contribution in [2.75, 3.05) is 25.2 Å². The van der Waals surface area contributed by atoms with E-state index in [0.29, 0.717) is 28.1 Å². The average Bonchev–Trinajstić information content (AvgIpc) is 3.34. The highest BCUT2D eigenvalue weighted by atomic mass is 31.2. The lowest BCUT2D eigenvalue weighted by molar-refractivity contribution is -0.149. The molecule has 2 aromatic rings. The number of benzene rings is 1.